The molecule has 0 aliphatic heterocycles. The lowest BCUT2D eigenvalue weighted by molar-refractivity contribution is 0.281. The predicted molar refractivity (Wildman–Crippen MR) is 65.3 cm³/mol. The molecule has 1 aromatic carbocycles. The average Bonchev–Trinajstić information content (AvgIpc) is 2.92. The maximum absolute atomic E-state index is 13.6. The highest BCUT2D eigenvalue weighted by Crippen LogP contribution is 2.20. The Kier molecular flexibility index (Phi) is 4.06. The van der Waals surface area contributed by atoms with Crippen LogP contribution in [0.2, 0.25) is 0 Å². The number of halogens is 1. The molecule has 1 heterocycles. The van der Waals surface area contributed by atoms with Crippen molar-refractivity contribution in [2.24, 2.45) is 0 Å². The van der Waals surface area contributed by atoms with Crippen LogP contribution in [0.3, 0.4) is 0 Å². The van der Waals surface area contributed by atoms with Gasteiger partial charge in [-0.3, -0.25) is 0 Å². The first kappa shape index (κ1) is 14.5. The number of hydrogen-bond acceptors (Lipinski definition) is 6. The normalized spacial score (nSPS) is 11.8. The Balaban J connectivity index is 2.31. The van der Waals surface area contributed by atoms with E-state index in [1.165, 1.54) is 13.0 Å². The lowest BCUT2D eigenvalue weighted by atomic mass is 10.1. The van der Waals surface area contributed by atoms with Crippen molar-refractivity contribution in [1.82, 2.24) is 25.3 Å². The Morgan fingerprint density at radius 3 is 2.80 bits per heavy atom. The number of nitrogens with zero attached hydrogens (tertiary/aromatic N) is 3. The molecule has 8 nitrogen and oxygen atoms in total. The number of aromatic amines is 1. The van der Waals surface area contributed by atoms with Crippen LogP contribution in [0.1, 0.15) is 17.0 Å². The summed E-state index contributed by atoms with van der Waals surface area (Å²) >= 11 is 0. The zero-order valence-electron chi connectivity index (χ0n) is 10.5. The van der Waals surface area contributed by atoms with E-state index in [-0.39, 0.29) is 28.4 Å². The molecule has 0 saturated heterocycles. The number of nitrogens with one attached hydrogen (secondary N) is 2. The van der Waals surface area contributed by atoms with Gasteiger partial charge < -0.3 is 5.11 Å². The van der Waals surface area contributed by atoms with E-state index in [0.717, 1.165) is 6.07 Å². The van der Waals surface area contributed by atoms with Crippen molar-refractivity contribution in [2.45, 2.75) is 25.0 Å². The second-order valence-corrected chi connectivity index (χ2v) is 5.75. The number of sulfonamides is 1. The summed E-state index contributed by atoms with van der Waals surface area (Å²) in [5, 5.41) is 21.7. The minimum atomic E-state index is -3.94. The molecule has 0 aliphatic carbocycles. The van der Waals surface area contributed by atoms with Crippen LogP contribution in [0.4, 0.5) is 4.39 Å². The van der Waals surface area contributed by atoms with E-state index in [9.17, 15) is 12.8 Å². The number of hydrogen-bond donors (Lipinski definition) is 3. The summed E-state index contributed by atoms with van der Waals surface area (Å²) in [4.78, 5) is -0.231. The molecule has 0 fully saturated rings. The third-order valence-electron chi connectivity index (χ3n) is 2.64. The molecule has 2 aromatic rings. The molecule has 0 radical (unpaired) electrons. The van der Waals surface area contributed by atoms with E-state index < -0.39 is 22.4 Å². The van der Waals surface area contributed by atoms with E-state index >= 15 is 0 Å². The van der Waals surface area contributed by atoms with E-state index in [2.05, 4.69) is 25.3 Å². The Morgan fingerprint density at radius 1 is 1.45 bits per heavy atom. The summed E-state index contributed by atoms with van der Waals surface area (Å²) in [7, 11) is -3.94. The van der Waals surface area contributed by atoms with Crippen LogP contribution in [0.15, 0.2) is 17.0 Å². The fourth-order valence-electron chi connectivity index (χ4n) is 1.57. The molecule has 0 unspecified atom stereocenters. The number of aliphatic hydroxyl groups is 1. The van der Waals surface area contributed by atoms with Crippen molar-refractivity contribution in [1.29, 1.82) is 0 Å². The Hall–Kier alpha value is -1.91. The molecule has 20 heavy (non-hydrogen) atoms. The van der Waals surface area contributed by atoms with Gasteiger partial charge in [0.05, 0.1) is 18.0 Å². The summed E-state index contributed by atoms with van der Waals surface area (Å²) in [5.41, 5.74) is 0.149. The Morgan fingerprint density at radius 2 is 2.20 bits per heavy atom. The minimum absolute atomic E-state index is 0.0252. The van der Waals surface area contributed by atoms with Crippen LogP contribution < -0.4 is 4.72 Å². The predicted octanol–water partition coefficient (Wildman–Crippen LogP) is -0.382. The van der Waals surface area contributed by atoms with Gasteiger partial charge in [-0.05, 0) is 24.6 Å². The second-order valence-electron chi connectivity index (χ2n) is 4.01. The zero-order chi connectivity index (χ0) is 14.8. The molecule has 0 amide bonds. The SMILES string of the molecule is Cc1c(F)cc(CO)cc1S(=O)(=O)NCc1nn[nH]n1. The molecule has 1 aromatic heterocycles. The summed E-state index contributed by atoms with van der Waals surface area (Å²) < 4.78 is 40.1. The molecule has 0 bridgehead atoms. The fourth-order valence-corrected chi connectivity index (χ4v) is 2.85. The first-order chi connectivity index (χ1) is 9.44. The molecular formula is C10H12FN5O3S. The molecule has 0 spiro atoms. The van der Waals surface area contributed by atoms with Crippen molar-refractivity contribution in [3.05, 3.63) is 34.9 Å². The molecule has 0 atom stereocenters. The van der Waals surface area contributed by atoms with Crippen LogP contribution in [-0.4, -0.2) is 34.1 Å². The van der Waals surface area contributed by atoms with Crippen LogP contribution in [-0.2, 0) is 23.2 Å². The third kappa shape index (κ3) is 2.98. The molecule has 3 N–H and O–H groups in total. The fraction of sp³-hybridized carbons (Fsp3) is 0.300. The van der Waals surface area contributed by atoms with Crippen molar-refractivity contribution in [3.63, 3.8) is 0 Å². The highest BCUT2D eigenvalue weighted by Gasteiger charge is 2.20. The van der Waals surface area contributed by atoms with Crippen molar-refractivity contribution in [2.75, 3.05) is 0 Å². The van der Waals surface area contributed by atoms with Gasteiger partial charge in [0.15, 0.2) is 5.82 Å². The molecule has 108 valence electrons. The first-order valence-electron chi connectivity index (χ1n) is 5.56. The Bertz CT molecular complexity index is 702. The van der Waals surface area contributed by atoms with Gasteiger partial charge in [-0.2, -0.15) is 5.21 Å². The lowest BCUT2D eigenvalue weighted by Crippen LogP contribution is -2.25. The highest BCUT2D eigenvalue weighted by atomic mass is 32.2. The minimum Gasteiger partial charge on any atom is -0.392 e. The van der Waals surface area contributed by atoms with Gasteiger partial charge in [0.25, 0.3) is 0 Å². The van der Waals surface area contributed by atoms with Crippen molar-refractivity contribution < 1.29 is 17.9 Å². The number of H-pyrrole nitrogens is 1. The summed E-state index contributed by atoms with van der Waals surface area (Å²) in [6.07, 6.45) is 0. The average molecular weight is 301 g/mol. The van der Waals surface area contributed by atoms with Crippen LogP contribution >= 0.6 is 0 Å². The monoisotopic (exact) mass is 301 g/mol. The van der Waals surface area contributed by atoms with Crippen LogP contribution in [0, 0.1) is 12.7 Å². The number of aliphatic hydroxyl groups excluding tert-OH is 1. The largest absolute Gasteiger partial charge is 0.392 e. The maximum Gasteiger partial charge on any atom is 0.241 e. The molecule has 0 saturated carbocycles. The smallest absolute Gasteiger partial charge is 0.241 e. The van der Waals surface area contributed by atoms with Gasteiger partial charge >= 0.3 is 0 Å². The first-order valence-corrected chi connectivity index (χ1v) is 7.04. The number of aromatic nitrogens is 4. The van der Waals surface area contributed by atoms with Gasteiger partial charge in [0.1, 0.15) is 5.82 Å². The maximum atomic E-state index is 13.6. The van der Waals surface area contributed by atoms with Gasteiger partial charge in [0, 0.05) is 5.56 Å². The van der Waals surface area contributed by atoms with Crippen molar-refractivity contribution >= 4 is 10.0 Å². The van der Waals surface area contributed by atoms with Gasteiger partial charge in [-0.25, -0.2) is 17.5 Å². The van der Waals surface area contributed by atoms with E-state index in [1.54, 1.807) is 0 Å². The summed E-state index contributed by atoms with van der Waals surface area (Å²) in [6.45, 7) is 0.715. The van der Waals surface area contributed by atoms with Crippen molar-refractivity contribution in [3.8, 4) is 0 Å². The molecule has 2 rings (SSSR count). The molecule has 0 aliphatic rings. The zero-order valence-corrected chi connectivity index (χ0v) is 11.3. The standard InChI is InChI=1S/C10H12FN5O3S/c1-6-8(11)2-7(5-17)3-9(6)20(18,19)12-4-10-13-15-16-14-10/h2-3,12,17H,4-5H2,1H3,(H,13,14,15,16). The number of tetrazole rings is 1. The second kappa shape index (κ2) is 5.61. The summed E-state index contributed by atoms with van der Waals surface area (Å²) in [6, 6.07) is 2.31. The van der Waals surface area contributed by atoms with Crippen LogP contribution in [0.25, 0.3) is 0 Å². The topological polar surface area (TPSA) is 121 Å². The summed E-state index contributed by atoms with van der Waals surface area (Å²) in [5.74, 6) is -0.540. The third-order valence-corrected chi connectivity index (χ3v) is 4.17. The number of benzene rings is 1. The molecule has 10 heteroatoms. The lowest BCUT2D eigenvalue weighted by Gasteiger charge is -2.10. The molecular weight excluding hydrogens is 289 g/mol. The van der Waals surface area contributed by atoms with Gasteiger partial charge in [-0.1, -0.05) is 5.21 Å². The van der Waals surface area contributed by atoms with Gasteiger partial charge in [-0.15, -0.1) is 10.2 Å². The van der Waals surface area contributed by atoms with E-state index in [4.69, 9.17) is 5.11 Å². The quantitative estimate of drug-likeness (QED) is 0.692. The number of rotatable bonds is 5. The highest BCUT2D eigenvalue weighted by molar-refractivity contribution is 7.89. The van der Waals surface area contributed by atoms with E-state index in [0.29, 0.717) is 0 Å². The van der Waals surface area contributed by atoms with E-state index in [1.807, 2.05) is 0 Å². The van der Waals surface area contributed by atoms with Gasteiger partial charge in [0.2, 0.25) is 10.0 Å². The Labute approximate surface area is 114 Å². The van der Waals surface area contributed by atoms with Crippen LogP contribution in [0.5, 0.6) is 0 Å².